The van der Waals surface area contributed by atoms with Crippen LogP contribution in [0.15, 0.2) is 53.4 Å². The minimum absolute atomic E-state index is 0.351. The molecule has 2 rings (SSSR count). The van der Waals surface area contributed by atoms with E-state index >= 15 is 0 Å². The molecule has 0 aromatic heterocycles. The number of benzene rings is 2. The molecule has 2 amide bonds. The van der Waals surface area contributed by atoms with Gasteiger partial charge >= 0.3 is 6.03 Å². The van der Waals surface area contributed by atoms with Gasteiger partial charge in [0.1, 0.15) is 5.82 Å². The fraction of sp³-hybridized carbons (Fsp3) is 0.235. The zero-order chi connectivity index (χ0) is 17.0. The number of carbonyl (C=O) groups excluding carboxylic acids is 1. The third-order valence-electron chi connectivity index (χ3n) is 3.40. The third kappa shape index (κ3) is 4.63. The van der Waals surface area contributed by atoms with Crippen LogP contribution < -0.4 is 10.6 Å². The molecule has 0 radical (unpaired) electrons. The van der Waals surface area contributed by atoms with E-state index < -0.39 is 22.4 Å². The van der Waals surface area contributed by atoms with Crippen molar-refractivity contribution in [3.8, 4) is 0 Å². The van der Waals surface area contributed by atoms with Crippen LogP contribution in [0.3, 0.4) is 0 Å². The van der Waals surface area contributed by atoms with Gasteiger partial charge in [-0.3, -0.25) is 4.21 Å². The van der Waals surface area contributed by atoms with Crippen molar-refractivity contribution >= 4 is 22.5 Å². The largest absolute Gasteiger partial charge is 0.329 e. The highest BCUT2D eigenvalue weighted by Crippen LogP contribution is 2.21. The Kier molecular flexibility index (Phi) is 5.15. The van der Waals surface area contributed by atoms with E-state index in [2.05, 4.69) is 10.6 Å². The van der Waals surface area contributed by atoms with Crippen molar-refractivity contribution in [1.29, 1.82) is 0 Å². The summed E-state index contributed by atoms with van der Waals surface area (Å²) >= 11 is 0. The summed E-state index contributed by atoms with van der Waals surface area (Å²) in [7, 11) is -1.12. The number of hydrogen-bond acceptors (Lipinski definition) is 2. The number of rotatable bonds is 4. The first-order valence-electron chi connectivity index (χ1n) is 7.06. The maximum absolute atomic E-state index is 13.3. The number of hydrogen-bond donors (Lipinski definition) is 2. The van der Waals surface area contributed by atoms with Gasteiger partial charge in [-0.2, -0.15) is 0 Å². The van der Waals surface area contributed by atoms with Crippen LogP contribution in [0.1, 0.15) is 19.4 Å². The second-order valence-corrected chi connectivity index (χ2v) is 7.08. The molecule has 0 fully saturated rings. The van der Waals surface area contributed by atoms with Gasteiger partial charge in [-0.15, -0.1) is 0 Å². The van der Waals surface area contributed by atoms with Crippen molar-refractivity contribution in [2.24, 2.45) is 0 Å². The highest BCUT2D eigenvalue weighted by atomic mass is 32.2. The fourth-order valence-corrected chi connectivity index (χ4v) is 2.71. The van der Waals surface area contributed by atoms with Gasteiger partial charge in [0.05, 0.1) is 5.54 Å². The molecule has 0 bridgehead atoms. The van der Waals surface area contributed by atoms with Crippen LogP contribution in [0.25, 0.3) is 0 Å². The van der Waals surface area contributed by atoms with Crippen molar-refractivity contribution in [3.63, 3.8) is 0 Å². The van der Waals surface area contributed by atoms with Crippen LogP contribution >= 0.6 is 0 Å². The molecule has 0 aliphatic heterocycles. The molecule has 0 aliphatic carbocycles. The molecule has 122 valence electrons. The second kappa shape index (κ2) is 6.91. The molecule has 4 nitrogen and oxygen atoms in total. The predicted octanol–water partition coefficient (Wildman–Crippen LogP) is 3.62. The number of amides is 2. The predicted molar refractivity (Wildman–Crippen MR) is 90.4 cm³/mol. The zero-order valence-electron chi connectivity index (χ0n) is 13.2. The van der Waals surface area contributed by atoms with Crippen LogP contribution in [0.5, 0.6) is 0 Å². The normalized spacial score (nSPS) is 12.5. The Bertz CT molecular complexity index is 747. The molecule has 2 N–H and O–H groups in total. The molecular formula is C17H19FN2O2S. The lowest BCUT2D eigenvalue weighted by atomic mass is 9.94. The molecule has 23 heavy (non-hydrogen) atoms. The summed E-state index contributed by atoms with van der Waals surface area (Å²) in [5, 5.41) is 5.50. The molecule has 1 atom stereocenters. The standard InChI is InChI=1S/C17H19FN2O2S/c1-17(2,12-6-4-7-13(18)10-12)20-16(21)19-14-8-5-9-15(11-14)23(3)22/h4-11H,1-3H3,(H2,19,20,21)/t23-/m1/s1. The number of urea groups is 1. The third-order valence-corrected chi connectivity index (χ3v) is 4.31. The van der Waals surface area contributed by atoms with Gasteiger partial charge in [-0.25, -0.2) is 9.18 Å². The van der Waals surface area contributed by atoms with E-state index in [-0.39, 0.29) is 5.82 Å². The van der Waals surface area contributed by atoms with Crippen molar-refractivity contribution in [3.05, 3.63) is 59.9 Å². The summed E-state index contributed by atoms with van der Waals surface area (Å²) < 4.78 is 24.8. The molecule has 6 heteroatoms. The fourth-order valence-electron chi connectivity index (χ4n) is 2.15. The first-order valence-corrected chi connectivity index (χ1v) is 8.62. The molecule has 0 unspecified atom stereocenters. The lowest BCUT2D eigenvalue weighted by Crippen LogP contribution is -2.43. The van der Waals surface area contributed by atoms with Crippen molar-refractivity contribution in [2.75, 3.05) is 11.6 Å². The Labute approximate surface area is 137 Å². The van der Waals surface area contributed by atoms with Crippen molar-refractivity contribution in [2.45, 2.75) is 24.3 Å². The van der Waals surface area contributed by atoms with Gasteiger partial charge in [-0.1, -0.05) is 18.2 Å². The molecule has 0 heterocycles. The Morgan fingerprint density at radius 1 is 1.13 bits per heavy atom. The average molecular weight is 334 g/mol. The summed E-state index contributed by atoms with van der Waals surface area (Å²) in [4.78, 5) is 12.8. The summed E-state index contributed by atoms with van der Waals surface area (Å²) in [6.45, 7) is 3.58. The summed E-state index contributed by atoms with van der Waals surface area (Å²) in [5.41, 5.74) is 0.471. The maximum atomic E-state index is 13.3. The SMILES string of the molecule is C[S@@](=O)c1cccc(NC(=O)NC(C)(C)c2cccc(F)c2)c1. The summed E-state index contributed by atoms with van der Waals surface area (Å²) in [6.07, 6.45) is 1.58. The topological polar surface area (TPSA) is 58.2 Å². The van der Waals surface area contributed by atoms with E-state index in [9.17, 15) is 13.4 Å². The first-order chi connectivity index (χ1) is 10.8. The molecule has 0 saturated heterocycles. The number of nitrogens with one attached hydrogen (secondary N) is 2. The Morgan fingerprint density at radius 2 is 1.83 bits per heavy atom. The number of halogens is 1. The second-order valence-electron chi connectivity index (χ2n) is 5.70. The lowest BCUT2D eigenvalue weighted by Gasteiger charge is -2.27. The Balaban J connectivity index is 2.09. The monoisotopic (exact) mass is 334 g/mol. The molecule has 2 aromatic carbocycles. The minimum atomic E-state index is -1.12. The van der Waals surface area contributed by atoms with E-state index in [4.69, 9.17) is 0 Å². The molecule has 0 spiro atoms. The van der Waals surface area contributed by atoms with Crippen LogP contribution in [-0.2, 0) is 16.3 Å². The van der Waals surface area contributed by atoms with Gasteiger partial charge in [0.2, 0.25) is 0 Å². The lowest BCUT2D eigenvalue weighted by molar-refractivity contribution is 0.241. The van der Waals surface area contributed by atoms with Crippen LogP contribution in [0.2, 0.25) is 0 Å². The zero-order valence-corrected chi connectivity index (χ0v) is 14.0. The van der Waals surface area contributed by atoms with E-state index in [1.54, 1.807) is 56.5 Å². The molecule has 2 aromatic rings. The Morgan fingerprint density at radius 3 is 2.48 bits per heavy atom. The molecule has 0 saturated carbocycles. The van der Waals surface area contributed by atoms with E-state index in [1.807, 2.05) is 0 Å². The molecule has 0 aliphatic rings. The number of carbonyl (C=O) groups is 1. The van der Waals surface area contributed by atoms with E-state index in [1.165, 1.54) is 12.1 Å². The maximum Gasteiger partial charge on any atom is 0.319 e. The van der Waals surface area contributed by atoms with Gasteiger partial charge in [0, 0.05) is 27.6 Å². The van der Waals surface area contributed by atoms with Crippen LogP contribution in [0, 0.1) is 5.82 Å². The van der Waals surface area contributed by atoms with Gasteiger partial charge in [0.15, 0.2) is 0 Å². The van der Waals surface area contributed by atoms with Gasteiger partial charge in [-0.05, 0) is 49.7 Å². The van der Waals surface area contributed by atoms with E-state index in [0.29, 0.717) is 16.1 Å². The summed E-state index contributed by atoms with van der Waals surface area (Å²) in [6, 6.07) is 12.5. The van der Waals surface area contributed by atoms with Gasteiger partial charge < -0.3 is 10.6 Å². The highest BCUT2D eigenvalue weighted by Gasteiger charge is 2.23. The Hall–Kier alpha value is -2.21. The quantitative estimate of drug-likeness (QED) is 0.897. The highest BCUT2D eigenvalue weighted by molar-refractivity contribution is 7.84. The minimum Gasteiger partial charge on any atom is -0.329 e. The van der Waals surface area contributed by atoms with E-state index in [0.717, 1.165) is 0 Å². The molecular weight excluding hydrogens is 315 g/mol. The van der Waals surface area contributed by atoms with Crippen LogP contribution in [0.4, 0.5) is 14.9 Å². The van der Waals surface area contributed by atoms with Crippen molar-refractivity contribution in [1.82, 2.24) is 5.32 Å². The van der Waals surface area contributed by atoms with Crippen molar-refractivity contribution < 1.29 is 13.4 Å². The average Bonchev–Trinajstić information content (AvgIpc) is 2.46. The summed E-state index contributed by atoms with van der Waals surface area (Å²) in [5.74, 6) is -0.351. The van der Waals surface area contributed by atoms with Gasteiger partial charge in [0.25, 0.3) is 0 Å². The first kappa shape index (κ1) is 17.1. The smallest absolute Gasteiger partial charge is 0.319 e. The van der Waals surface area contributed by atoms with Crippen LogP contribution in [-0.4, -0.2) is 16.5 Å². The number of anilines is 1.